The molecule has 0 spiro atoms. The lowest BCUT2D eigenvalue weighted by Crippen LogP contribution is -2.22. The number of hydrogen-bond donors (Lipinski definition) is 0. The molecule has 0 N–H and O–H groups in total. The van der Waals surface area contributed by atoms with Gasteiger partial charge in [0.25, 0.3) is 6.67 Å². The van der Waals surface area contributed by atoms with Crippen LogP contribution >= 0.6 is 0 Å². The lowest BCUT2D eigenvalue weighted by atomic mass is 10.0. The predicted molar refractivity (Wildman–Crippen MR) is 133 cm³/mol. The van der Waals surface area contributed by atoms with E-state index in [0.717, 1.165) is 35.6 Å². The Morgan fingerprint density at radius 1 is 0.906 bits per heavy atom. The van der Waals surface area contributed by atoms with E-state index >= 15 is 0 Å². The quantitative estimate of drug-likeness (QED) is 0.273. The van der Waals surface area contributed by atoms with Crippen molar-refractivity contribution in [3.63, 3.8) is 0 Å². The standard InChI is InChI=1S/C27H30N4O/c1-6-30(17-16-28)25-12-8-23(9-13-25)18-21(3)27(32)22(4)19-24-10-14-26(15-11-24)31(7-2)20-29-5/h8-15,18-19H,6-7,17,20H2,1-4H3/b21-18+,22-19+. The zero-order chi connectivity index (χ0) is 23.5. The van der Waals surface area contributed by atoms with Crippen molar-refractivity contribution < 1.29 is 4.79 Å². The summed E-state index contributed by atoms with van der Waals surface area (Å²) in [5.41, 5.74) is 5.23. The van der Waals surface area contributed by atoms with Crippen molar-refractivity contribution in [1.29, 1.82) is 5.26 Å². The van der Waals surface area contributed by atoms with Gasteiger partial charge in [-0.05, 0) is 86.4 Å². The maximum atomic E-state index is 12.8. The molecule has 0 saturated heterocycles. The Bertz CT molecular complexity index is 965. The summed E-state index contributed by atoms with van der Waals surface area (Å²) in [6.45, 7) is 17.0. The van der Waals surface area contributed by atoms with Crippen molar-refractivity contribution in [3.8, 4) is 6.07 Å². The number of nitrogens with zero attached hydrogens (tertiary/aromatic N) is 4. The normalized spacial score (nSPS) is 11.4. The Hall–Kier alpha value is -3.83. The summed E-state index contributed by atoms with van der Waals surface area (Å²) in [7, 11) is 0. The number of hydrogen-bond acceptors (Lipinski definition) is 4. The van der Waals surface area contributed by atoms with Gasteiger partial charge in [0.2, 0.25) is 0 Å². The Morgan fingerprint density at radius 3 is 1.72 bits per heavy atom. The number of nitriles is 1. The molecule has 0 bridgehead atoms. The van der Waals surface area contributed by atoms with Crippen LogP contribution in [-0.2, 0) is 4.79 Å². The van der Waals surface area contributed by atoms with Gasteiger partial charge in [-0.25, -0.2) is 6.57 Å². The van der Waals surface area contributed by atoms with Gasteiger partial charge in [0.05, 0.1) is 6.07 Å². The van der Waals surface area contributed by atoms with Crippen LogP contribution in [0.15, 0.2) is 59.7 Å². The first kappa shape index (κ1) is 24.4. The lowest BCUT2D eigenvalue weighted by Gasteiger charge is -2.19. The molecule has 2 aromatic carbocycles. The minimum atomic E-state index is 0.000934. The van der Waals surface area contributed by atoms with E-state index in [4.69, 9.17) is 11.8 Å². The van der Waals surface area contributed by atoms with E-state index in [-0.39, 0.29) is 5.78 Å². The van der Waals surface area contributed by atoms with E-state index in [1.54, 1.807) is 0 Å². The fourth-order valence-corrected chi connectivity index (χ4v) is 3.43. The summed E-state index contributed by atoms with van der Waals surface area (Å²) in [5.74, 6) is 0.000934. The molecule has 5 nitrogen and oxygen atoms in total. The molecule has 164 valence electrons. The van der Waals surface area contributed by atoms with Crippen molar-refractivity contribution in [1.82, 2.24) is 0 Å². The monoisotopic (exact) mass is 426 g/mol. The Balaban J connectivity index is 2.12. The summed E-state index contributed by atoms with van der Waals surface area (Å²) in [6, 6.07) is 18.0. The summed E-state index contributed by atoms with van der Waals surface area (Å²) < 4.78 is 0. The molecule has 2 aromatic rings. The number of ketones is 1. The van der Waals surface area contributed by atoms with Gasteiger partial charge >= 0.3 is 0 Å². The fourth-order valence-electron chi connectivity index (χ4n) is 3.43. The zero-order valence-corrected chi connectivity index (χ0v) is 19.3. The van der Waals surface area contributed by atoms with Crippen molar-refractivity contribution in [2.75, 3.05) is 36.1 Å². The smallest absolute Gasteiger partial charge is 0.289 e. The molecule has 0 radical (unpaired) electrons. The largest absolute Gasteiger partial charge is 0.358 e. The summed E-state index contributed by atoms with van der Waals surface area (Å²) in [4.78, 5) is 20.3. The number of benzene rings is 2. The third kappa shape index (κ3) is 6.59. The highest BCUT2D eigenvalue weighted by molar-refractivity contribution is 6.12. The Kier molecular flexibility index (Phi) is 9.26. The second-order valence-corrected chi connectivity index (χ2v) is 7.49. The molecule has 0 heterocycles. The minimum Gasteiger partial charge on any atom is -0.358 e. The SMILES string of the molecule is [C-]#[N+]CN(CC)c1ccc(/C=C(\C)C(=O)/C(C)=C/c2ccc(N(CC)CC#N)cc2)cc1. The van der Waals surface area contributed by atoms with E-state index in [0.29, 0.717) is 24.4 Å². The molecule has 0 aromatic heterocycles. The van der Waals surface area contributed by atoms with E-state index in [1.807, 2.05) is 98.2 Å². The Labute approximate surface area is 191 Å². The number of anilines is 2. The summed E-state index contributed by atoms with van der Waals surface area (Å²) >= 11 is 0. The van der Waals surface area contributed by atoms with Gasteiger partial charge in [0, 0.05) is 24.5 Å². The first-order chi connectivity index (χ1) is 15.4. The molecule has 0 amide bonds. The summed E-state index contributed by atoms with van der Waals surface area (Å²) in [5, 5.41) is 8.94. The number of allylic oxidation sites excluding steroid dienone is 2. The van der Waals surface area contributed by atoms with Crippen LogP contribution in [0.1, 0.15) is 38.8 Å². The molecule has 5 heteroatoms. The van der Waals surface area contributed by atoms with Gasteiger partial charge in [-0.2, -0.15) is 5.26 Å². The maximum absolute atomic E-state index is 12.8. The van der Waals surface area contributed by atoms with Crippen molar-refractivity contribution in [2.24, 2.45) is 0 Å². The first-order valence-electron chi connectivity index (χ1n) is 10.7. The molecular formula is C27H30N4O. The molecule has 2 rings (SSSR count). The first-order valence-corrected chi connectivity index (χ1v) is 10.7. The fraction of sp³-hybridized carbons (Fsp3) is 0.296. The maximum Gasteiger partial charge on any atom is 0.289 e. The molecule has 32 heavy (non-hydrogen) atoms. The lowest BCUT2D eigenvalue weighted by molar-refractivity contribution is -0.112. The van der Waals surface area contributed by atoms with Crippen LogP contribution in [0.3, 0.4) is 0 Å². The molecule has 0 atom stereocenters. The second kappa shape index (κ2) is 12.1. The third-order valence-corrected chi connectivity index (χ3v) is 5.27. The van der Waals surface area contributed by atoms with Gasteiger partial charge < -0.3 is 9.80 Å². The highest BCUT2D eigenvalue weighted by atomic mass is 16.1. The van der Waals surface area contributed by atoms with E-state index < -0.39 is 0 Å². The zero-order valence-electron chi connectivity index (χ0n) is 19.3. The number of carbonyl (C=O) groups excluding carboxylic acids is 1. The topological polar surface area (TPSA) is 51.7 Å². The van der Waals surface area contributed by atoms with Crippen LogP contribution in [0.5, 0.6) is 0 Å². The van der Waals surface area contributed by atoms with Gasteiger partial charge in [0.15, 0.2) is 5.78 Å². The van der Waals surface area contributed by atoms with Gasteiger partial charge in [-0.15, -0.1) is 0 Å². The van der Waals surface area contributed by atoms with Gasteiger partial charge in [0.1, 0.15) is 6.54 Å². The molecule has 0 aliphatic heterocycles. The average molecular weight is 427 g/mol. The van der Waals surface area contributed by atoms with Crippen LogP contribution < -0.4 is 9.80 Å². The van der Waals surface area contributed by atoms with E-state index in [2.05, 4.69) is 10.9 Å². The average Bonchev–Trinajstić information content (AvgIpc) is 2.81. The van der Waals surface area contributed by atoms with E-state index in [9.17, 15) is 4.79 Å². The predicted octanol–water partition coefficient (Wildman–Crippen LogP) is 5.82. The van der Waals surface area contributed by atoms with Crippen molar-refractivity contribution >= 4 is 29.3 Å². The highest BCUT2D eigenvalue weighted by Gasteiger charge is 2.09. The molecule has 0 aliphatic carbocycles. The Morgan fingerprint density at radius 2 is 1.34 bits per heavy atom. The molecule has 0 fully saturated rings. The summed E-state index contributed by atoms with van der Waals surface area (Å²) in [6.07, 6.45) is 3.77. The van der Waals surface area contributed by atoms with Crippen LogP contribution in [-0.4, -0.2) is 32.1 Å². The van der Waals surface area contributed by atoms with Crippen LogP contribution in [0.25, 0.3) is 17.0 Å². The minimum absolute atomic E-state index is 0.000934. The molecule has 0 unspecified atom stereocenters. The third-order valence-electron chi connectivity index (χ3n) is 5.27. The van der Waals surface area contributed by atoms with Gasteiger partial charge in [-0.3, -0.25) is 9.64 Å². The van der Waals surface area contributed by atoms with Crippen LogP contribution in [0.2, 0.25) is 0 Å². The molecular weight excluding hydrogens is 396 g/mol. The number of rotatable bonds is 10. The van der Waals surface area contributed by atoms with Crippen molar-refractivity contribution in [3.05, 3.63) is 82.2 Å². The van der Waals surface area contributed by atoms with Gasteiger partial charge in [-0.1, -0.05) is 24.3 Å². The van der Waals surface area contributed by atoms with Crippen LogP contribution in [0.4, 0.5) is 11.4 Å². The highest BCUT2D eigenvalue weighted by Crippen LogP contribution is 2.20. The van der Waals surface area contributed by atoms with Crippen LogP contribution in [0, 0.1) is 17.9 Å². The second-order valence-electron chi connectivity index (χ2n) is 7.49. The number of carbonyl (C=O) groups is 1. The van der Waals surface area contributed by atoms with E-state index in [1.165, 1.54) is 0 Å². The molecule has 0 saturated carbocycles. The molecule has 0 aliphatic rings. The number of Topliss-reactive ketones (excluding diaryl/α,β-unsaturated/α-hetero) is 1. The van der Waals surface area contributed by atoms with Crippen molar-refractivity contribution in [2.45, 2.75) is 27.7 Å².